The number of carbonyl (C=O) groups excluding carboxylic acids is 1. The molecule has 1 saturated heterocycles. The molecular formula is C12H17NO4. The van der Waals surface area contributed by atoms with E-state index < -0.39 is 18.1 Å². The summed E-state index contributed by atoms with van der Waals surface area (Å²) in [5.74, 6) is 1.07. The topological polar surface area (TPSA) is 75.6 Å². The third-order valence-corrected chi connectivity index (χ3v) is 2.65. The number of terminal acetylenes is 1. The van der Waals surface area contributed by atoms with E-state index in [0.29, 0.717) is 32.3 Å². The van der Waals surface area contributed by atoms with E-state index in [0.717, 1.165) is 6.42 Å². The monoisotopic (exact) mass is 239 g/mol. The summed E-state index contributed by atoms with van der Waals surface area (Å²) in [6, 6.07) is -0.875. The van der Waals surface area contributed by atoms with E-state index in [4.69, 9.17) is 16.3 Å². The Morgan fingerprint density at radius 2 is 2.35 bits per heavy atom. The molecule has 1 rings (SSSR count). The number of amides is 1. The van der Waals surface area contributed by atoms with Crippen molar-refractivity contribution in [3.05, 3.63) is 0 Å². The molecule has 0 saturated carbocycles. The number of hydrogen-bond acceptors (Lipinski definition) is 3. The van der Waals surface area contributed by atoms with Gasteiger partial charge in [-0.25, -0.2) is 4.79 Å². The lowest BCUT2D eigenvalue weighted by atomic mass is 10.1. The predicted molar refractivity (Wildman–Crippen MR) is 61.2 cm³/mol. The second kappa shape index (κ2) is 6.92. The lowest BCUT2D eigenvalue weighted by Crippen LogP contribution is -2.45. The van der Waals surface area contributed by atoms with E-state index in [1.54, 1.807) is 0 Å². The second-order valence-corrected chi connectivity index (χ2v) is 4.00. The fourth-order valence-corrected chi connectivity index (χ4v) is 1.71. The lowest BCUT2D eigenvalue weighted by molar-refractivity contribution is -0.143. The molecule has 5 heteroatoms. The highest BCUT2D eigenvalue weighted by Gasteiger charge is 2.27. The van der Waals surface area contributed by atoms with Crippen LogP contribution in [0.5, 0.6) is 0 Å². The van der Waals surface area contributed by atoms with Crippen LogP contribution in [0.4, 0.5) is 0 Å². The Hall–Kier alpha value is -1.54. The fourth-order valence-electron chi connectivity index (χ4n) is 1.71. The van der Waals surface area contributed by atoms with E-state index in [-0.39, 0.29) is 5.91 Å². The molecule has 94 valence electrons. The minimum Gasteiger partial charge on any atom is -0.480 e. The van der Waals surface area contributed by atoms with E-state index in [9.17, 15) is 9.59 Å². The molecule has 1 aliphatic rings. The highest BCUT2D eigenvalue weighted by atomic mass is 16.5. The van der Waals surface area contributed by atoms with Crippen LogP contribution >= 0.6 is 0 Å². The average Bonchev–Trinajstić information content (AvgIpc) is 2.81. The summed E-state index contributed by atoms with van der Waals surface area (Å²) in [6.45, 7) is 0.562. The molecule has 5 nitrogen and oxygen atoms in total. The molecule has 0 aliphatic carbocycles. The Bertz CT molecular complexity index is 315. The number of carboxylic acid groups (broad SMARTS) is 1. The van der Waals surface area contributed by atoms with Gasteiger partial charge in [0.2, 0.25) is 5.91 Å². The molecule has 1 heterocycles. The maximum absolute atomic E-state index is 11.7. The summed E-state index contributed by atoms with van der Waals surface area (Å²) >= 11 is 0. The number of carboxylic acids is 1. The first-order chi connectivity index (χ1) is 8.15. The molecule has 17 heavy (non-hydrogen) atoms. The summed E-state index contributed by atoms with van der Waals surface area (Å²) in [6.07, 6.45) is 7.53. The molecule has 1 amide bonds. The van der Waals surface area contributed by atoms with Crippen LogP contribution in [0.2, 0.25) is 0 Å². The van der Waals surface area contributed by atoms with Crippen LogP contribution in [0.25, 0.3) is 0 Å². The summed E-state index contributed by atoms with van der Waals surface area (Å²) in [5, 5.41) is 11.4. The summed E-state index contributed by atoms with van der Waals surface area (Å²) < 4.78 is 5.18. The van der Waals surface area contributed by atoms with E-state index >= 15 is 0 Å². The van der Waals surface area contributed by atoms with Gasteiger partial charge in [-0.05, 0) is 25.7 Å². The van der Waals surface area contributed by atoms with E-state index in [1.165, 1.54) is 0 Å². The molecule has 1 fully saturated rings. The van der Waals surface area contributed by atoms with Gasteiger partial charge in [0, 0.05) is 13.0 Å². The normalized spacial score (nSPS) is 20.5. The van der Waals surface area contributed by atoms with Crippen LogP contribution in [0, 0.1) is 12.3 Å². The van der Waals surface area contributed by atoms with Crippen molar-refractivity contribution in [2.75, 3.05) is 6.61 Å². The summed E-state index contributed by atoms with van der Waals surface area (Å²) in [5.41, 5.74) is 0. The van der Waals surface area contributed by atoms with Crippen LogP contribution in [-0.4, -0.2) is 35.7 Å². The molecule has 0 aromatic rings. The van der Waals surface area contributed by atoms with Gasteiger partial charge in [-0.2, -0.15) is 0 Å². The number of aliphatic carboxylic acids is 1. The minimum absolute atomic E-state index is 0.337. The van der Waals surface area contributed by atoms with Crippen LogP contribution in [0.3, 0.4) is 0 Å². The first kappa shape index (κ1) is 13.5. The van der Waals surface area contributed by atoms with Crippen molar-refractivity contribution in [2.24, 2.45) is 0 Å². The molecule has 0 bridgehead atoms. The first-order valence-corrected chi connectivity index (χ1v) is 5.73. The second-order valence-electron chi connectivity index (χ2n) is 4.00. The van der Waals surface area contributed by atoms with Crippen molar-refractivity contribution in [3.8, 4) is 12.3 Å². The number of nitrogens with one attached hydrogen (secondary N) is 1. The van der Waals surface area contributed by atoms with Gasteiger partial charge in [-0.1, -0.05) is 0 Å². The number of rotatable bonds is 6. The summed E-state index contributed by atoms with van der Waals surface area (Å²) in [7, 11) is 0. The maximum Gasteiger partial charge on any atom is 0.326 e. The van der Waals surface area contributed by atoms with Crippen molar-refractivity contribution < 1.29 is 19.4 Å². The largest absolute Gasteiger partial charge is 0.480 e. The molecule has 1 aliphatic heterocycles. The van der Waals surface area contributed by atoms with Gasteiger partial charge in [0.1, 0.15) is 12.1 Å². The smallest absolute Gasteiger partial charge is 0.326 e. The highest BCUT2D eigenvalue weighted by molar-refractivity contribution is 5.86. The van der Waals surface area contributed by atoms with Gasteiger partial charge < -0.3 is 15.2 Å². The van der Waals surface area contributed by atoms with Gasteiger partial charge in [-0.3, -0.25) is 4.79 Å². The number of hydrogen-bond donors (Lipinski definition) is 2. The quantitative estimate of drug-likeness (QED) is 0.524. The summed E-state index contributed by atoms with van der Waals surface area (Å²) in [4.78, 5) is 22.6. The van der Waals surface area contributed by atoms with Gasteiger partial charge in [0.25, 0.3) is 0 Å². The molecule has 0 spiro atoms. The lowest BCUT2D eigenvalue weighted by Gasteiger charge is -2.16. The molecular weight excluding hydrogens is 222 g/mol. The van der Waals surface area contributed by atoms with Crippen molar-refractivity contribution >= 4 is 11.9 Å². The predicted octanol–water partition coefficient (Wildman–Crippen LogP) is 0.538. The first-order valence-electron chi connectivity index (χ1n) is 5.73. The Kier molecular flexibility index (Phi) is 5.50. The molecule has 2 N–H and O–H groups in total. The molecule has 0 aromatic carbocycles. The number of ether oxygens (including phenoxy) is 1. The Labute approximate surface area is 101 Å². The molecule has 0 unspecified atom stereocenters. The van der Waals surface area contributed by atoms with Crippen molar-refractivity contribution in [2.45, 2.75) is 44.2 Å². The molecule has 0 aromatic heterocycles. The fraction of sp³-hybridized carbons (Fsp3) is 0.667. The van der Waals surface area contributed by atoms with Crippen LogP contribution in [-0.2, 0) is 14.3 Å². The zero-order chi connectivity index (χ0) is 12.7. The average molecular weight is 239 g/mol. The maximum atomic E-state index is 11.7. The van der Waals surface area contributed by atoms with Crippen molar-refractivity contribution in [3.63, 3.8) is 0 Å². The highest BCUT2D eigenvalue weighted by Crippen LogP contribution is 2.12. The van der Waals surface area contributed by atoms with E-state index in [1.807, 2.05) is 0 Å². The standard InChI is InChI=1S/C12H17NO4/c1-2-3-4-6-9(12(15)16)13-11(14)10-7-5-8-17-10/h1,9-10H,3-8H2,(H,13,14)(H,15,16)/t9-,10+/m1/s1. The molecule has 2 atom stereocenters. The Balaban J connectivity index is 2.40. The van der Waals surface area contributed by atoms with E-state index in [2.05, 4.69) is 11.2 Å². The molecule has 0 radical (unpaired) electrons. The Morgan fingerprint density at radius 1 is 1.59 bits per heavy atom. The van der Waals surface area contributed by atoms with Gasteiger partial charge in [0.15, 0.2) is 0 Å². The third-order valence-electron chi connectivity index (χ3n) is 2.65. The van der Waals surface area contributed by atoms with Crippen molar-refractivity contribution in [1.29, 1.82) is 0 Å². The number of unbranched alkanes of at least 4 members (excludes halogenated alkanes) is 1. The van der Waals surface area contributed by atoms with Gasteiger partial charge in [-0.15, -0.1) is 12.3 Å². The van der Waals surface area contributed by atoms with Crippen LogP contribution < -0.4 is 5.32 Å². The van der Waals surface area contributed by atoms with Gasteiger partial charge in [0.05, 0.1) is 0 Å². The SMILES string of the molecule is C#CCCC[C@@H](NC(=O)[C@@H]1CCCO1)C(=O)O. The zero-order valence-corrected chi connectivity index (χ0v) is 9.65. The number of carbonyl (C=O) groups is 2. The minimum atomic E-state index is -1.03. The third kappa shape index (κ3) is 4.45. The van der Waals surface area contributed by atoms with Crippen LogP contribution in [0.15, 0.2) is 0 Å². The Morgan fingerprint density at radius 3 is 2.88 bits per heavy atom. The van der Waals surface area contributed by atoms with Crippen molar-refractivity contribution in [1.82, 2.24) is 5.32 Å². The van der Waals surface area contributed by atoms with Gasteiger partial charge >= 0.3 is 5.97 Å². The zero-order valence-electron chi connectivity index (χ0n) is 9.65. The van der Waals surface area contributed by atoms with Crippen LogP contribution in [0.1, 0.15) is 32.1 Å².